The van der Waals surface area contributed by atoms with Crippen molar-refractivity contribution in [2.75, 3.05) is 19.8 Å². The third-order valence-electron chi connectivity index (χ3n) is 2.51. The van der Waals surface area contributed by atoms with E-state index in [4.69, 9.17) is 0 Å². The molecule has 0 radical (unpaired) electrons. The van der Waals surface area contributed by atoms with Crippen LogP contribution < -0.4 is 10.7 Å². The molecule has 0 spiro atoms. The number of carbonyl (C=O) groups is 1. The molecule has 0 amide bonds. The lowest BCUT2D eigenvalue weighted by Crippen LogP contribution is -2.50. The maximum absolute atomic E-state index is 10.6. The number of hydrogen-bond acceptors (Lipinski definition) is 5. The molecule has 2 rings (SSSR count). The topological polar surface area (TPSA) is 56.7 Å². The Morgan fingerprint density at radius 3 is 2.92 bits per heavy atom. The third-order valence-corrected chi connectivity index (χ3v) is 2.51. The second-order valence-electron chi connectivity index (χ2n) is 3.30. The number of aldehydes is 1. The monoisotopic (exact) mass is 182 g/mol. The van der Waals surface area contributed by atoms with Crippen LogP contribution in [0.25, 0.3) is 0 Å². The van der Waals surface area contributed by atoms with Crippen LogP contribution in [0, 0.1) is 0 Å². The smallest absolute Gasteiger partial charge is 0.186 e. The van der Waals surface area contributed by atoms with E-state index in [2.05, 4.69) is 15.7 Å². The molecule has 2 N–H and O–H groups in total. The number of hydrazine groups is 1. The van der Waals surface area contributed by atoms with Crippen molar-refractivity contribution in [3.05, 3.63) is 0 Å². The average molecular weight is 182 g/mol. The van der Waals surface area contributed by atoms with Gasteiger partial charge in [0.05, 0.1) is 0 Å². The summed E-state index contributed by atoms with van der Waals surface area (Å²) < 4.78 is 0. The highest BCUT2D eigenvalue weighted by Gasteiger charge is 2.25. The fraction of sp³-hybridized carbons (Fsp3) is 0.750. The molecule has 0 aliphatic carbocycles. The molecule has 0 atom stereocenters. The molecular weight excluding hydrogens is 168 g/mol. The number of amidine groups is 1. The van der Waals surface area contributed by atoms with Crippen LogP contribution >= 0.6 is 0 Å². The van der Waals surface area contributed by atoms with Crippen LogP contribution in [0.2, 0.25) is 0 Å². The van der Waals surface area contributed by atoms with E-state index in [-0.39, 0.29) is 0 Å². The van der Waals surface area contributed by atoms with E-state index in [1.54, 1.807) is 0 Å². The predicted octanol–water partition coefficient (Wildman–Crippen LogP) is -0.886. The lowest BCUT2D eigenvalue weighted by Gasteiger charge is -2.31. The minimum Gasteiger partial charge on any atom is -0.317 e. The second-order valence-corrected chi connectivity index (χ2v) is 3.30. The molecule has 72 valence electrons. The predicted molar refractivity (Wildman–Crippen MR) is 49.2 cm³/mol. The van der Waals surface area contributed by atoms with Gasteiger partial charge in [0.25, 0.3) is 0 Å². The molecule has 0 unspecified atom stereocenters. The Bertz CT molecular complexity index is 222. The van der Waals surface area contributed by atoms with E-state index in [1.807, 2.05) is 5.01 Å². The SMILES string of the molecule is O=CC1=NCNN1C1CCNCC1. The van der Waals surface area contributed by atoms with Gasteiger partial charge in [-0.1, -0.05) is 0 Å². The molecule has 1 fully saturated rings. The Morgan fingerprint density at radius 1 is 1.46 bits per heavy atom. The first-order chi connectivity index (χ1) is 6.42. The Balaban J connectivity index is 1.99. The minimum absolute atomic E-state index is 0.424. The summed E-state index contributed by atoms with van der Waals surface area (Å²) >= 11 is 0. The summed E-state index contributed by atoms with van der Waals surface area (Å²) in [5.41, 5.74) is 3.10. The number of rotatable bonds is 2. The number of piperidine rings is 1. The quantitative estimate of drug-likeness (QED) is 0.544. The molecule has 1 saturated heterocycles. The molecule has 2 aliphatic rings. The van der Waals surface area contributed by atoms with Gasteiger partial charge >= 0.3 is 0 Å². The van der Waals surface area contributed by atoms with Gasteiger partial charge in [0, 0.05) is 6.04 Å². The number of aliphatic imine (C=N–C) groups is 1. The normalized spacial score (nSPS) is 24.6. The largest absolute Gasteiger partial charge is 0.317 e. The van der Waals surface area contributed by atoms with E-state index < -0.39 is 0 Å². The first kappa shape index (κ1) is 8.65. The van der Waals surface area contributed by atoms with Crippen LogP contribution in [0.3, 0.4) is 0 Å². The summed E-state index contributed by atoms with van der Waals surface area (Å²) in [4.78, 5) is 14.7. The Hall–Kier alpha value is -0.940. The van der Waals surface area contributed by atoms with Crippen LogP contribution in [0.15, 0.2) is 4.99 Å². The molecule has 5 heteroatoms. The Kier molecular flexibility index (Phi) is 2.56. The molecule has 0 aromatic heterocycles. The summed E-state index contributed by atoms with van der Waals surface area (Å²) in [5, 5.41) is 5.20. The molecule has 5 nitrogen and oxygen atoms in total. The lowest BCUT2D eigenvalue weighted by molar-refractivity contribution is -0.103. The molecule has 13 heavy (non-hydrogen) atoms. The maximum Gasteiger partial charge on any atom is 0.186 e. The fourth-order valence-electron chi connectivity index (χ4n) is 1.82. The standard InChI is InChI=1S/C8H14N4O/c13-5-8-10-6-11-12(8)7-1-3-9-4-2-7/h5,7,9,11H,1-4,6H2. The lowest BCUT2D eigenvalue weighted by atomic mass is 10.1. The third kappa shape index (κ3) is 1.71. The van der Waals surface area contributed by atoms with Crippen LogP contribution in [0.4, 0.5) is 0 Å². The van der Waals surface area contributed by atoms with E-state index >= 15 is 0 Å². The highest BCUT2D eigenvalue weighted by molar-refractivity contribution is 6.27. The van der Waals surface area contributed by atoms with E-state index in [1.165, 1.54) is 0 Å². The molecule has 0 bridgehead atoms. The van der Waals surface area contributed by atoms with Gasteiger partial charge in [0.15, 0.2) is 12.1 Å². The van der Waals surface area contributed by atoms with Crippen LogP contribution in [-0.2, 0) is 4.79 Å². The van der Waals surface area contributed by atoms with Crippen LogP contribution in [0.5, 0.6) is 0 Å². The number of nitrogens with zero attached hydrogens (tertiary/aromatic N) is 2. The molecule has 0 aromatic rings. The molecule has 2 aliphatic heterocycles. The zero-order chi connectivity index (χ0) is 9.10. The van der Waals surface area contributed by atoms with Gasteiger partial charge in [-0.2, -0.15) is 0 Å². The summed E-state index contributed by atoms with van der Waals surface area (Å²) in [6.45, 7) is 2.59. The van der Waals surface area contributed by atoms with Gasteiger partial charge in [0.1, 0.15) is 6.67 Å². The van der Waals surface area contributed by atoms with Gasteiger partial charge in [-0.25, -0.2) is 10.4 Å². The minimum atomic E-state index is 0.424. The van der Waals surface area contributed by atoms with E-state index in [0.717, 1.165) is 32.2 Å². The highest BCUT2D eigenvalue weighted by atomic mass is 16.1. The van der Waals surface area contributed by atoms with Gasteiger partial charge in [-0.3, -0.25) is 9.80 Å². The van der Waals surface area contributed by atoms with E-state index in [0.29, 0.717) is 18.5 Å². The zero-order valence-electron chi connectivity index (χ0n) is 7.49. The summed E-state index contributed by atoms with van der Waals surface area (Å²) in [5.74, 6) is 0.548. The molecular formula is C8H14N4O. The highest BCUT2D eigenvalue weighted by Crippen LogP contribution is 2.11. The first-order valence-corrected chi connectivity index (χ1v) is 4.65. The molecule has 2 heterocycles. The van der Waals surface area contributed by atoms with Gasteiger partial charge in [-0.05, 0) is 25.9 Å². The van der Waals surface area contributed by atoms with Crippen molar-refractivity contribution in [2.24, 2.45) is 4.99 Å². The second kappa shape index (κ2) is 3.85. The van der Waals surface area contributed by atoms with Crippen LogP contribution in [-0.4, -0.2) is 42.9 Å². The number of carbonyl (C=O) groups excluding carboxylic acids is 1. The maximum atomic E-state index is 10.6. The van der Waals surface area contributed by atoms with Crippen molar-refractivity contribution in [1.29, 1.82) is 0 Å². The average Bonchev–Trinajstić information content (AvgIpc) is 2.67. The van der Waals surface area contributed by atoms with Crippen molar-refractivity contribution in [1.82, 2.24) is 15.8 Å². The van der Waals surface area contributed by atoms with Gasteiger partial charge < -0.3 is 5.32 Å². The van der Waals surface area contributed by atoms with E-state index in [9.17, 15) is 4.79 Å². The summed E-state index contributed by atoms with van der Waals surface area (Å²) in [7, 11) is 0. The molecule has 0 aromatic carbocycles. The summed E-state index contributed by atoms with van der Waals surface area (Å²) in [6.07, 6.45) is 2.96. The Labute approximate surface area is 77.2 Å². The summed E-state index contributed by atoms with van der Waals surface area (Å²) in [6, 6.07) is 0.424. The van der Waals surface area contributed by atoms with Gasteiger partial charge in [0.2, 0.25) is 0 Å². The van der Waals surface area contributed by atoms with Crippen molar-refractivity contribution in [2.45, 2.75) is 18.9 Å². The van der Waals surface area contributed by atoms with Crippen molar-refractivity contribution < 1.29 is 4.79 Å². The fourth-order valence-corrected chi connectivity index (χ4v) is 1.82. The zero-order valence-corrected chi connectivity index (χ0v) is 7.49. The van der Waals surface area contributed by atoms with Crippen molar-refractivity contribution in [3.63, 3.8) is 0 Å². The van der Waals surface area contributed by atoms with Crippen molar-refractivity contribution in [3.8, 4) is 0 Å². The first-order valence-electron chi connectivity index (χ1n) is 4.65. The molecule has 0 saturated carbocycles. The van der Waals surface area contributed by atoms with Crippen molar-refractivity contribution >= 4 is 12.1 Å². The van der Waals surface area contributed by atoms with Gasteiger partial charge in [-0.15, -0.1) is 0 Å². The van der Waals surface area contributed by atoms with Crippen LogP contribution in [0.1, 0.15) is 12.8 Å². The number of hydrogen-bond donors (Lipinski definition) is 2. The Morgan fingerprint density at radius 2 is 2.23 bits per heavy atom. The number of nitrogens with one attached hydrogen (secondary N) is 2.